The number of nitrogens with one attached hydrogen (secondary N) is 2. The third-order valence-corrected chi connectivity index (χ3v) is 3.96. The molecule has 2 rings (SSSR count). The van der Waals surface area contributed by atoms with Crippen LogP contribution < -0.4 is 5.32 Å². The van der Waals surface area contributed by atoms with E-state index in [1.165, 1.54) is 0 Å². The largest absolute Gasteiger partial charge is 0.480 e. The van der Waals surface area contributed by atoms with Crippen molar-refractivity contribution in [3.05, 3.63) is 33.4 Å². The van der Waals surface area contributed by atoms with E-state index in [1.54, 1.807) is 33.0 Å². The van der Waals surface area contributed by atoms with Gasteiger partial charge >= 0.3 is 12.1 Å². The molecule has 1 heterocycles. The summed E-state index contributed by atoms with van der Waals surface area (Å²) in [6.07, 6.45) is 1.02. The fourth-order valence-electron chi connectivity index (χ4n) is 2.25. The molecule has 3 N–H and O–H groups in total. The Morgan fingerprint density at radius 3 is 2.67 bits per heavy atom. The van der Waals surface area contributed by atoms with Crippen molar-refractivity contribution in [2.75, 3.05) is 0 Å². The number of benzene rings is 1. The molecular formula is C16H18BrClN2O4. The maximum absolute atomic E-state index is 11.8. The number of carboxylic acids is 1. The number of hydrogen-bond acceptors (Lipinski definition) is 3. The van der Waals surface area contributed by atoms with Crippen LogP contribution in [0.1, 0.15) is 26.3 Å². The number of rotatable bonds is 4. The predicted molar refractivity (Wildman–Crippen MR) is 95.5 cm³/mol. The minimum atomic E-state index is -1.14. The molecule has 1 atom stereocenters. The highest BCUT2D eigenvalue weighted by Gasteiger charge is 2.25. The highest BCUT2D eigenvalue weighted by molar-refractivity contribution is 9.10. The fourth-order valence-corrected chi connectivity index (χ4v) is 3.11. The van der Waals surface area contributed by atoms with Crippen LogP contribution in [0.15, 0.2) is 22.8 Å². The first-order valence-electron chi connectivity index (χ1n) is 7.24. The minimum absolute atomic E-state index is 0.0986. The Kier molecular flexibility index (Phi) is 5.45. The Bertz CT molecular complexity index is 782. The highest BCUT2D eigenvalue weighted by Crippen LogP contribution is 2.30. The van der Waals surface area contributed by atoms with Crippen LogP contribution in [-0.4, -0.2) is 33.8 Å². The zero-order valence-electron chi connectivity index (χ0n) is 13.4. The van der Waals surface area contributed by atoms with Crippen molar-refractivity contribution in [3.8, 4) is 0 Å². The second-order valence-electron chi connectivity index (χ2n) is 6.37. The first-order chi connectivity index (χ1) is 11.1. The van der Waals surface area contributed by atoms with Gasteiger partial charge in [-0.15, -0.1) is 0 Å². The van der Waals surface area contributed by atoms with Gasteiger partial charge in [0.05, 0.1) is 10.5 Å². The van der Waals surface area contributed by atoms with Crippen molar-refractivity contribution in [2.24, 2.45) is 0 Å². The van der Waals surface area contributed by atoms with Crippen LogP contribution in [0.2, 0.25) is 5.02 Å². The molecule has 0 saturated carbocycles. The van der Waals surface area contributed by atoms with Crippen molar-refractivity contribution in [1.29, 1.82) is 0 Å². The van der Waals surface area contributed by atoms with E-state index >= 15 is 0 Å². The molecule has 0 radical (unpaired) electrons. The van der Waals surface area contributed by atoms with Gasteiger partial charge in [0.2, 0.25) is 0 Å². The van der Waals surface area contributed by atoms with Gasteiger partial charge in [0.15, 0.2) is 0 Å². The molecule has 0 spiro atoms. The molecule has 1 amide bonds. The number of H-pyrrole nitrogens is 1. The summed E-state index contributed by atoms with van der Waals surface area (Å²) in [7, 11) is 0. The van der Waals surface area contributed by atoms with Crippen molar-refractivity contribution in [3.63, 3.8) is 0 Å². The van der Waals surface area contributed by atoms with E-state index in [4.69, 9.17) is 16.3 Å². The number of ether oxygens (including phenoxy) is 1. The number of alkyl carbamates (subject to hydrolysis) is 1. The molecule has 24 heavy (non-hydrogen) atoms. The topological polar surface area (TPSA) is 91.4 Å². The van der Waals surface area contributed by atoms with E-state index in [9.17, 15) is 14.7 Å². The van der Waals surface area contributed by atoms with E-state index in [0.29, 0.717) is 5.02 Å². The van der Waals surface area contributed by atoms with E-state index in [1.807, 2.05) is 6.07 Å². The number of carbonyl (C=O) groups excluding carboxylic acids is 1. The monoisotopic (exact) mass is 416 g/mol. The third kappa shape index (κ3) is 4.64. The first-order valence-corrected chi connectivity index (χ1v) is 8.41. The summed E-state index contributed by atoms with van der Waals surface area (Å²) in [5.74, 6) is -1.14. The van der Waals surface area contributed by atoms with Gasteiger partial charge < -0.3 is 20.1 Å². The van der Waals surface area contributed by atoms with Gasteiger partial charge in [0.25, 0.3) is 0 Å². The van der Waals surface area contributed by atoms with Crippen LogP contribution in [0.5, 0.6) is 0 Å². The molecule has 6 nitrogen and oxygen atoms in total. The van der Waals surface area contributed by atoms with Gasteiger partial charge in [-0.2, -0.15) is 0 Å². The van der Waals surface area contributed by atoms with E-state index in [2.05, 4.69) is 26.2 Å². The normalized spacial score (nSPS) is 12.9. The van der Waals surface area contributed by atoms with Crippen LogP contribution in [0, 0.1) is 0 Å². The van der Waals surface area contributed by atoms with Crippen LogP contribution in [0.4, 0.5) is 4.79 Å². The molecule has 130 valence electrons. The van der Waals surface area contributed by atoms with Crippen LogP contribution in [-0.2, 0) is 16.0 Å². The molecule has 0 aliphatic carbocycles. The number of hydrogen-bond donors (Lipinski definition) is 3. The number of carbonyl (C=O) groups is 2. The molecule has 1 unspecified atom stereocenters. The zero-order valence-corrected chi connectivity index (χ0v) is 15.8. The summed E-state index contributed by atoms with van der Waals surface area (Å²) >= 11 is 9.53. The van der Waals surface area contributed by atoms with Gasteiger partial charge in [0.1, 0.15) is 11.6 Å². The van der Waals surface area contributed by atoms with E-state index in [-0.39, 0.29) is 6.42 Å². The van der Waals surface area contributed by atoms with Crippen LogP contribution >= 0.6 is 27.5 Å². The molecule has 8 heteroatoms. The average molecular weight is 418 g/mol. The summed E-state index contributed by atoms with van der Waals surface area (Å²) in [5.41, 5.74) is 0.750. The molecule has 0 fully saturated rings. The average Bonchev–Trinajstić information content (AvgIpc) is 2.79. The Labute approximate surface area is 152 Å². The molecule has 1 aromatic heterocycles. The summed E-state index contributed by atoms with van der Waals surface area (Å²) < 4.78 is 5.90. The SMILES string of the molecule is CC(C)(C)OC(=O)NC(Cc1c[nH]c2c(Cl)cc(Br)cc12)C(=O)O. The Morgan fingerprint density at radius 1 is 1.42 bits per heavy atom. The molecule has 1 aromatic carbocycles. The van der Waals surface area contributed by atoms with Gasteiger partial charge in [-0.1, -0.05) is 27.5 Å². The van der Waals surface area contributed by atoms with Crippen LogP contribution in [0.3, 0.4) is 0 Å². The smallest absolute Gasteiger partial charge is 0.408 e. The maximum Gasteiger partial charge on any atom is 0.408 e. The fraction of sp³-hybridized carbons (Fsp3) is 0.375. The highest BCUT2D eigenvalue weighted by atomic mass is 79.9. The van der Waals surface area contributed by atoms with Gasteiger partial charge in [-0.3, -0.25) is 0 Å². The minimum Gasteiger partial charge on any atom is -0.480 e. The summed E-state index contributed by atoms with van der Waals surface area (Å²) in [6.45, 7) is 5.13. The number of carboxylic acid groups (broad SMARTS) is 1. The number of aromatic amines is 1. The first kappa shape index (κ1) is 18.6. The van der Waals surface area contributed by atoms with Crippen molar-refractivity contribution in [2.45, 2.75) is 38.8 Å². The second kappa shape index (κ2) is 7.03. The standard InChI is InChI=1S/C16H18BrClN2O4/c1-16(2,3)24-15(23)20-12(14(21)22)4-8-7-19-13-10(8)5-9(17)6-11(13)18/h5-7,12,19H,4H2,1-3H3,(H,20,23)(H,21,22). The Hall–Kier alpha value is -1.73. The third-order valence-electron chi connectivity index (χ3n) is 3.20. The van der Waals surface area contributed by atoms with Gasteiger partial charge in [0, 0.05) is 22.5 Å². The lowest BCUT2D eigenvalue weighted by Gasteiger charge is -2.22. The van der Waals surface area contributed by atoms with Gasteiger partial charge in [-0.25, -0.2) is 9.59 Å². The number of fused-ring (bicyclic) bond motifs is 1. The number of aliphatic carboxylic acids is 1. The predicted octanol–water partition coefficient (Wildman–Crippen LogP) is 4.10. The molecule has 0 saturated heterocycles. The molecule has 0 aliphatic rings. The Balaban J connectivity index is 2.23. The van der Waals surface area contributed by atoms with E-state index < -0.39 is 23.7 Å². The second-order valence-corrected chi connectivity index (χ2v) is 7.69. The zero-order chi connectivity index (χ0) is 18.1. The maximum atomic E-state index is 11.8. The van der Waals surface area contributed by atoms with Crippen LogP contribution in [0.25, 0.3) is 10.9 Å². The van der Waals surface area contributed by atoms with Crippen molar-refractivity contribution in [1.82, 2.24) is 10.3 Å². The molecule has 0 aliphatic heterocycles. The van der Waals surface area contributed by atoms with Gasteiger partial charge in [-0.05, 0) is 38.5 Å². The van der Waals surface area contributed by atoms with E-state index in [0.717, 1.165) is 20.9 Å². The molecule has 2 aromatic rings. The molecule has 0 bridgehead atoms. The summed E-state index contributed by atoms with van der Waals surface area (Å²) in [6, 6.07) is 2.48. The summed E-state index contributed by atoms with van der Waals surface area (Å²) in [5, 5.41) is 13.1. The lowest BCUT2D eigenvalue weighted by molar-refractivity contribution is -0.139. The summed E-state index contributed by atoms with van der Waals surface area (Å²) in [4.78, 5) is 26.4. The van der Waals surface area contributed by atoms with Crippen molar-refractivity contribution >= 4 is 50.5 Å². The molecular weight excluding hydrogens is 400 g/mol. The Morgan fingerprint density at radius 2 is 2.08 bits per heavy atom. The number of amides is 1. The number of aromatic nitrogens is 1. The quantitative estimate of drug-likeness (QED) is 0.698. The lowest BCUT2D eigenvalue weighted by Crippen LogP contribution is -2.44. The van der Waals surface area contributed by atoms with Crippen molar-refractivity contribution < 1.29 is 19.4 Å². The lowest BCUT2D eigenvalue weighted by atomic mass is 10.1. The number of halogens is 2.